The van der Waals surface area contributed by atoms with E-state index < -0.39 is 0 Å². The lowest BCUT2D eigenvalue weighted by Gasteiger charge is -2.46. The Balaban J connectivity index is 1.99. The smallest absolute Gasteiger partial charge is 0.0376 e. The van der Waals surface area contributed by atoms with Gasteiger partial charge in [0.25, 0.3) is 0 Å². The van der Waals surface area contributed by atoms with Crippen molar-refractivity contribution in [2.75, 3.05) is 40.3 Å². The van der Waals surface area contributed by atoms with E-state index in [-0.39, 0.29) is 0 Å². The number of rotatable bonds is 6. The molecule has 1 aliphatic carbocycles. The van der Waals surface area contributed by atoms with Crippen LogP contribution in [0.3, 0.4) is 0 Å². The minimum absolute atomic E-state index is 0.690. The Bertz CT molecular complexity index is 286. The molecule has 124 valence electrons. The fourth-order valence-electron chi connectivity index (χ4n) is 4.32. The Morgan fingerprint density at radius 3 is 2.38 bits per heavy atom. The highest BCUT2D eigenvalue weighted by molar-refractivity contribution is 4.94. The number of hydrogen-bond donors (Lipinski definition) is 1. The molecule has 0 radical (unpaired) electrons. The van der Waals surface area contributed by atoms with E-state index in [1.165, 1.54) is 64.7 Å². The maximum Gasteiger partial charge on any atom is 0.0376 e. The molecular weight excluding hydrogens is 258 g/mol. The maximum atomic E-state index is 3.92. The minimum atomic E-state index is 0.690. The molecule has 3 heteroatoms. The first-order valence-corrected chi connectivity index (χ1v) is 9.27. The van der Waals surface area contributed by atoms with Crippen LogP contribution >= 0.6 is 0 Å². The van der Waals surface area contributed by atoms with Crippen molar-refractivity contribution in [1.82, 2.24) is 15.1 Å². The Hall–Kier alpha value is -0.120. The lowest BCUT2D eigenvalue weighted by Crippen LogP contribution is -2.61. The molecule has 2 atom stereocenters. The van der Waals surface area contributed by atoms with Crippen LogP contribution < -0.4 is 5.32 Å². The van der Waals surface area contributed by atoms with E-state index in [2.05, 4.69) is 43.1 Å². The molecule has 2 aliphatic rings. The van der Waals surface area contributed by atoms with Gasteiger partial charge in [0.15, 0.2) is 0 Å². The molecule has 21 heavy (non-hydrogen) atoms. The zero-order valence-corrected chi connectivity index (χ0v) is 14.8. The predicted molar refractivity (Wildman–Crippen MR) is 91.7 cm³/mol. The van der Waals surface area contributed by atoms with Gasteiger partial charge in [0.05, 0.1) is 0 Å². The molecule has 1 saturated heterocycles. The summed E-state index contributed by atoms with van der Waals surface area (Å²) in [6, 6.07) is 1.38. The normalized spacial score (nSPS) is 34.0. The summed E-state index contributed by atoms with van der Waals surface area (Å²) in [7, 11) is 4.61. The van der Waals surface area contributed by atoms with Gasteiger partial charge in [-0.3, -0.25) is 4.90 Å². The first-order chi connectivity index (χ1) is 10.2. The van der Waals surface area contributed by atoms with Crippen molar-refractivity contribution in [3.63, 3.8) is 0 Å². The average molecular weight is 296 g/mol. The third kappa shape index (κ3) is 4.67. The second-order valence-corrected chi connectivity index (χ2v) is 7.48. The number of piperazine rings is 1. The van der Waals surface area contributed by atoms with Crippen molar-refractivity contribution < 1.29 is 0 Å². The molecule has 2 fully saturated rings. The van der Waals surface area contributed by atoms with Crippen LogP contribution in [0.5, 0.6) is 0 Å². The van der Waals surface area contributed by atoms with Gasteiger partial charge in [0, 0.05) is 31.7 Å². The van der Waals surface area contributed by atoms with Crippen molar-refractivity contribution in [2.45, 2.75) is 64.5 Å². The summed E-state index contributed by atoms with van der Waals surface area (Å²) in [5.74, 6) is 1.89. The lowest BCUT2D eigenvalue weighted by molar-refractivity contribution is 0.0578. The summed E-state index contributed by atoms with van der Waals surface area (Å²) in [6.45, 7) is 9.49. The maximum absolute atomic E-state index is 3.92. The van der Waals surface area contributed by atoms with Gasteiger partial charge in [0.1, 0.15) is 0 Å². The molecule has 3 nitrogen and oxygen atoms in total. The van der Waals surface area contributed by atoms with Gasteiger partial charge in [-0.15, -0.1) is 0 Å². The molecule has 0 aromatic carbocycles. The molecule has 1 aliphatic heterocycles. The third-order valence-electron chi connectivity index (χ3n) is 5.92. The predicted octanol–water partition coefficient (Wildman–Crippen LogP) is 2.82. The summed E-state index contributed by atoms with van der Waals surface area (Å²) >= 11 is 0. The zero-order valence-electron chi connectivity index (χ0n) is 14.8. The summed E-state index contributed by atoms with van der Waals surface area (Å²) in [5, 5.41) is 3.92. The Kier molecular flexibility index (Phi) is 6.97. The highest BCUT2D eigenvalue weighted by Crippen LogP contribution is 2.34. The minimum Gasteiger partial charge on any atom is -0.312 e. The molecule has 1 N–H and O–H groups in total. The summed E-state index contributed by atoms with van der Waals surface area (Å²) in [4.78, 5) is 5.13. The van der Waals surface area contributed by atoms with Crippen LogP contribution in [0.25, 0.3) is 0 Å². The second-order valence-electron chi connectivity index (χ2n) is 7.48. The monoisotopic (exact) mass is 295 g/mol. The quantitative estimate of drug-likeness (QED) is 0.813. The fraction of sp³-hybridized carbons (Fsp3) is 1.00. The molecule has 2 rings (SSSR count). The van der Waals surface area contributed by atoms with Crippen molar-refractivity contribution in [2.24, 2.45) is 11.8 Å². The van der Waals surface area contributed by atoms with Gasteiger partial charge in [-0.2, -0.15) is 0 Å². The Morgan fingerprint density at radius 1 is 1.05 bits per heavy atom. The van der Waals surface area contributed by atoms with E-state index >= 15 is 0 Å². The van der Waals surface area contributed by atoms with Gasteiger partial charge in [-0.1, -0.05) is 33.1 Å². The summed E-state index contributed by atoms with van der Waals surface area (Å²) in [5.41, 5.74) is 0. The van der Waals surface area contributed by atoms with Crippen LogP contribution in [0.15, 0.2) is 0 Å². The van der Waals surface area contributed by atoms with Crippen LogP contribution in [0.1, 0.15) is 52.4 Å². The third-order valence-corrected chi connectivity index (χ3v) is 5.92. The van der Waals surface area contributed by atoms with Gasteiger partial charge in [-0.05, 0) is 51.7 Å². The average Bonchev–Trinajstić information content (AvgIpc) is 2.51. The fourth-order valence-corrected chi connectivity index (χ4v) is 4.32. The van der Waals surface area contributed by atoms with Crippen LogP contribution in [0, 0.1) is 11.8 Å². The zero-order chi connectivity index (χ0) is 15.2. The SMILES string of the molecule is CCCNC(C1CCC(CC)CC1)C1CN(C)CCN1C. The number of nitrogens with one attached hydrogen (secondary N) is 1. The summed E-state index contributed by atoms with van der Waals surface area (Å²) in [6.07, 6.45) is 8.41. The largest absolute Gasteiger partial charge is 0.312 e. The molecule has 0 amide bonds. The first kappa shape index (κ1) is 17.2. The van der Waals surface area contributed by atoms with Crippen LogP contribution in [-0.4, -0.2) is 62.2 Å². The second kappa shape index (κ2) is 8.50. The van der Waals surface area contributed by atoms with Crippen LogP contribution in [0.2, 0.25) is 0 Å². The number of likely N-dealkylation sites (N-methyl/N-ethyl adjacent to an activating group) is 2. The molecule has 0 aromatic rings. The number of hydrogen-bond acceptors (Lipinski definition) is 3. The van der Waals surface area contributed by atoms with Crippen molar-refractivity contribution in [3.8, 4) is 0 Å². The number of nitrogens with zero attached hydrogens (tertiary/aromatic N) is 2. The Labute approximate surface area is 132 Å². The van der Waals surface area contributed by atoms with E-state index in [4.69, 9.17) is 0 Å². The molecule has 0 aromatic heterocycles. The van der Waals surface area contributed by atoms with Gasteiger partial charge < -0.3 is 10.2 Å². The molecule has 1 heterocycles. The molecule has 0 bridgehead atoms. The van der Waals surface area contributed by atoms with Crippen molar-refractivity contribution in [1.29, 1.82) is 0 Å². The highest BCUT2D eigenvalue weighted by atomic mass is 15.3. The van der Waals surface area contributed by atoms with E-state index in [1.807, 2.05) is 0 Å². The van der Waals surface area contributed by atoms with Crippen molar-refractivity contribution in [3.05, 3.63) is 0 Å². The van der Waals surface area contributed by atoms with E-state index in [0.717, 1.165) is 11.8 Å². The van der Waals surface area contributed by atoms with Crippen molar-refractivity contribution >= 4 is 0 Å². The molecule has 2 unspecified atom stereocenters. The molecule has 0 spiro atoms. The molecule has 1 saturated carbocycles. The van der Waals surface area contributed by atoms with E-state index in [9.17, 15) is 0 Å². The standard InChI is InChI=1S/C18H37N3/c1-5-11-19-18(16-9-7-15(6-2)8-10-16)17-14-20(3)12-13-21(17)4/h15-19H,5-14H2,1-4H3. The lowest BCUT2D eigenvalue weighted by atomic mass is 9.75. The summed E-state index contributed by atoms with van der Waals surface area (Å²) < 4.78 is 0. The van der Waals surface area contributed by atoms with Crippen LogP contribution in [-0.2, 0) is 0 Å². The topological polar surface area (TPSA) is 18.5 Å². The van der Waals surface area contributed by atoms with Gasteiger partial charge in [-0.25, -0.2) is 0 Å². The first-order valence-electron chi connectivity index (χ1n) is 9.27. The van der Waals surface area contributed by atoms with Crippen LogP contribution in [0.4, 0.5) is 0 Å². The highest BCUT2D eigenvalue weighted by Gasteiger charge is 2.36. The van der Waals surface area contributed by atoms with Gasteiger partial charge in [0.2, 0.25) is 0 Å². The van der Waals surface area contributed by atoms with E-state index in [1.54, 1.807) is 0 Å². The van der Waals surface area contributed by atoms with E-state index in [0.29, 0.717) is 12.1 Å². The molecular formula is C18H37N3. The van der Waals surface area contributed by atoms with Gasteiger partial charge >= 0.3 is 0 Å². The Morgan fingerprint density at radius 2 is 1.76 bits per heavy atom.